The van der Waals surface area contributed by atoms with E-state index in [-0.39, 0.29) is 0 Å². The molecule has 3 heterocycles. The van der Waals surface area contributed by atoms with E-state index in [1.165, 1.54) is 25.7 Å². The molecular weight excluding hydrogens is 351 g/mol. The van der Waals surface area contributed by atoms with Crippen LogP contribution in [0.4, 0.5) is 5.82 Å². The van der Waals surface area contributed by atoms with Crippen molar-refractivity contribution >= 4 is 28.4 Å². The van der Waals surface area contributed by atoms with Gasteiger partial charge in [0, 0.05) is 30.7 Å². The van der Waals surface area contributed by atoms with E-state index >= 15 is 0 Å². The molecule has 104 valence electrons. The van der Waals surface area contributed by atoms with Crippen LogP contribution in [0, 0.1) is 3.57 Å². The summed E-state index contributed by atoms with van der Waals surface area (Å²) in [5.41, 5.74) is 0. The lowest BCUT2D eigenvalue weighted by Gasteiger charge is -2.35. The quantitative estimate of drug-likeness (QED) is 0.829. The van der Waals surface area contributed by atoms with E-state index in [1.54, 1.807) is 0 Å². The number of aromatic nitrogens is 2. The van der Waals surface area contributed by atoms with Crippen LogP contribution >= 0.6 is 22.6 Å². The van der Waals surface area contributed by atoms with E-state index < -0.39 is 0 Å². The smallest absolute Gasteiger partial charge is 0.143 e. The summed E-state index contributed by atoms with van der Waals surface area (Å²) in [5, 5.41) is 3.33. The summed E-state index contributed by atoms with van der Waals surface area (Å²) in [4.78, 5) is 11.9. The van der Waals surface area contributed by atoms with Gasteiger partial charge in [-0.3, -0.25) is 0 Å². The highest BCUT2D eigenvalue weighted by Gasteiger charge is 2.39. The molecule has 3 rings (SSSR count). The normalized spacial score (nSPS) is 30.6. The van der Waals surface area contributed by atoms with E-state index in [0.717, 1.165) is 33.8 Å². The van der Waals surface area contributed by atoms with Gasteiger partial charge in [-0.15, -0.1) is 0 Å². The van der Waals surface area contributed by atoms with E-state index in [2.05, 4.69) is 51.8 Å². The minimum Gasteiger partial charge on any atom is -0.369 e. The second-order valence-electron chi connectivity index (χ2n) is 5.67. The molecule has 5 heteroatoms. The second kappa shape index (κ2) is 5.52. The Balaban J connectivity index is 1.81. The fourth-order valence-electron chi connectivity index (χ4n) is 3.49. The van der Waals surface area contributed by atoms with Gasteiger partial charge in [0.15, 0.2) is 0 Å². The number of piperidine rings is 1. The highest BCUT2D eigenvalue weighted by molar-refractivity contribution is 14.1. The van der Waals surface area contributed by atoms with Crippen LogP contribution in [0.15, 0.2) is 6.20 Å². The number of nitrogens with zero attached hydrogens (tertiary/aromatic N) is 3. The maximum Gasteiger partial charge on any atom is 0.143 e. The zero-order chi connectivity index (χ0) is 13.4. The largest absolute Gasteiger partial charge is 0.369 e. The first-order valence-corrected chi connectivity index (χ1v) is 8.25. The predicted octanol–water partition coefficient (Wildman–Crippen LogP) is 2.85. The molecule has 2 aliphatic rings. The van der Waals surface area contributed by atoms with Crippen LogP contribution in [0.3, 0.4) is 0 Å². The van der Waals surface area contributed by atoms with Crippen LogP contribution in [-0.2, 0) is 0 Å². The van der Waals surface area contributed by atoms with E-state index in [4.69, 9.17) is 4.98 Å². The molecule has 0 radical (unpaired) electrons. The Labute approximate surface area is 128 Å². The summed E-state index contributed by atoms with van der Waals surface area (Å²) in [5.74, 6) is 2.59. The summed E-state index contributed by atoms with van der Waals surface area (Å²) < 4.78 is 1.11. The Hall–Kier alpha value is -0.430. The molecule has 19 heavy (non-hydrogen) atoms. The second-order valence-corrected chi connectivity index (χ2v) is 6.84. The summed E-state index contributed by atoms with van der Waals surface area (Å²) in [6, 6.07) is 1.49. The summed E-state index contributed by atoms with van der Waals surface area (Å²) in [6.45, 7) is 3.01. The first kappa shape index (κ1) is 13.5. The number of anilines is 1. The van der Waals surface area contributed by atoms with Gasteiger partial charge >= 0.3 is 0 Å². The van der Waals surface area contributed by atoms with Crippen molar-refractivity contribution < 1.29 is 0 Å². The average Bonchev–Trinajstić information content (AvgIpc) is 2.64. The third kappa shape index (κ3) is 2.59. The van der Waals surface area contributed by atoms with Crippen molar-refractivity contribution in [3.8, 4) is 0 Å². The first-order chi connectivity index (χ1) is 9.19. The van der Waals surface area contributed by atoms with Crippen molar-refractivity contribution in [2.24, 2.45) is 0 Å². The van der Waals surface area contributed by atoms with Crippen LogP contribution in [-0.4, -0.2) is 40.5 Å². The third-order valence-electron chi connectivity index (χ3n) is 4.57. The number of halogens is 1. The van der Waals surface area contributed by atoms with Crippen LogP contribution < -0.4 is 5.32 Å². The number of hydrogen-bond donors (Lipinski definition) is 1. The molecule has 1 aromatic rings. The van der Waals surface area contributed by atoms with Crippen molar-refractivity contribution in [2.75, 3.05) is 18.9 Å². The van der Waals surface area contributed by atoms with Crippen LogP contribution in [0.1, 0.15) is 44.3 Å². The van der Waals surface area contributed by atoms with Gasteiger partial charge < -0.3 is 10.2 Å². The molecule has 0 saturated carbocycles. The van der Waals surface area contributed by atoms with E-state index in [0.29, 0.717) is 5.92 Å². The van der Waals surface area contributed by atoms with Gasteiger partial charge in [-0.05, 0) is 62.2 Å². The topological polar surface area (TPSA) is 41.1 Å². The molecule has 2 atom stereocenters. The highest BCUT2D eigenvalue weighted by Crippen LogP contribution is 2.41. The van der Waals surface area contributed by atoms with Gasteiger partial charge in [0.1, 0.15) is 11.6 Å². The fourth-order valence-corrected chi connectivity index (χ4v) is 3.94. The number of hydrogen-bond acceptors (Lipinski definition) is 4. The van der Waals surface area contributed by atoms with Crippen LogP contribution in [0.2, 0.25) is 0 Å². The van der Waals surface area contributed by atoms with Gasteiger partial charge in [-0.25, -0.2) is 9.97 Å². The Morgan fingerprint density at radius 1 is 1.37 bits per heavy atom. The number of nitrogens with one attached hydrogen (secondary N) is 1. The minimum atomic E-state index is 0.545. The monoisotopic (exact) mass is 372 g/mol. The van der Waals surface area contributed by atoms with Crippen molar-refractivity contribution in [1.82, 2.24) is 14.9 Å². The Bertz CT molecular complexity index is 451. The number of rotatable bonds is 3. The SMILES string of the molecule is CCNc1nc(C2CC3CCC(C2)N3C)ncc1I. The standard InChI is InChI=1S/C14H21IN4/c1-3-16-14-12(15)8-17-13(18-14)9-6-10-4-5-11(7-9)19(10)2/h8-11H,3-7H2,1-2H3,(H,16,17,18). The van der Waals surface area contributed by atoms with Crippen molar-refractivity contribution in [3.05, 3.63) is 15.6 Å². The third-order valence-corrected chi connectivity index (χ3v) is 5.36. The maximum atomic E-state index is 4.76. The summed E-state index contributed by atoms with van der Waals surface area (Å²) in [6.07, 6.45) is 7.10. The molecule has 2 saturated heterocycles. The van der Waals surface area contributed by atoms with E-state index in [1.807, 2.05) is 6.20 Å². The minimum absolute atomic E-state index is 0.545. The zero-order valence-electron chi connectivity index (χ0n) is 11.6. The molecule has 2 aliphatic heterocycles. The van der Waals surface area contributed by atoms with Gasteiger partial charge in [-0.2, -0.15) is 0 Å². The van der Waals surface area contributed by atoms with Crippen molar-refractivity contribution in [1.29, 1.82) is 0 Å². The molecule has 0 spiro atoms. The van der Waals surface area contributed by atoms with Gasteiger partial charge in [0.2, 0.25) is 0 Å². The molecule has 0 aromatic carbocycles. The number of fused-ring (bicyclic) bond motifs is 2. The summed E-state index contributed by atoms with van der Waals surface area (Å²) >= 11 is 2.30. The lowest BCUT2D eigenvalue weighted by atomic mass is 9.90. The highest BCUT2D eigenvalue weighted by atomic mass is 127. The molecular formula is C14H21IN4. The van der Waals surface area contributed by atoms with Crippen molar-refractivity contribution in [2.45, 2.75) is 50.6 Å². The zero-order valence-corrected chi connectivity index (χ0v) is 13.7. The average molecular weight is 372 g/mol. The molecule has 1 N–H and O–H groups in total. The van der Waals surface area contributed by atoms with E-state index in [9.17, 15) is 0 Å². The molecule has 2 fully saturated rings. The molecule has 2 unspecified atom stereocenters. The fraction of sp³-hybridized carbons (Fsp3) is 0.714. The first-order valence-electron chi connectivity index (χ1n) is 7.17. The van der Waals surface area contributed by atoms with Gasteiger partial charge in [-0.1, -0.05) is 0 Å². The Morgan fingerprint density at radius 2 is 2.05 bits per heavy atom. The van der Waals surface area contributed by atoms with Crippen LogP contribution in [0.5, 0.6) is 0 Å². The lowest BCUT2D eigenvalue weighted by Crippen LogP contribution is -2.39. The molecule has 1 aromatic heterocycles. The van der Waals surface area contributed by atoms with Gasteiger partial charge in [0.05, 0.1) is 3.57 Å². The maximum absolute atomic E-state index is 4.76. The van der Waals surface area contributed by atoms with Crippen molar-refractivity contribution in [3.63, 3.8) is 0 Å². The van der Waals surface area contributed by atoms with Gasteiger partial charge in [0.25, 0.3) is 0 Å². The summed E-state index contributed by atoms with van der Waals surface area (Å²) in [7, 11) is 2.28. The predicted molar refractivity (Wildman–Crippen MR) is 85.5 cm³/mol. The Morgan fingerprint density at radius 3 is 2.68 bits per heavy atom. The lowest BCUT2D eigenvalue weighted by molar-refractivity contribution is 0.159. The molecule has 2 bridgehead atoms. The molecule has 0 amide bonds. The molecule has 4 nitrogen and oxygen atoms in total. The molecule has 0 aliphatic carbocycles. The Kier molecular flexibility index (Phi) is 3.93. The van der Waals surface area contributed by atoms with Crippen LogP contribution in [0.25, 0.3) is 0 Å².